The van der Waals surface area contributed by atoms with Crippen LogP contribution in [-0.2, 0) is 0 Å². The highest BCUT2D eigenvalue weighted by Crippen LogP contribution is 2.36. The second-order valence-corrected chi connectivity index (χ2v) is 6.93. The largest absolute Gasteiger partial charge is 0.310 e. The first kappa shape index (κ1) is 15.9. The van der Waals surface area contributed by atoms with Crippen LogP contribution in [0.25, 0.3) is 38.6 Å². The van der Waals surface area contributed by atoms with Crippen molar-refractivity contribution in [3.8, 4) is 11.1 Å². The van der Waals surface area contributed by atoms with Crippen molar-refractivity contribution in [1.82, 2.24) is 4.57 Å². The molecule has 0 radical (unpaired) electrons. The Morgan fingerprint density at radius 2 is 1.56 bits per heavy atom. The summed E-state index contributed by atoms with van der Waals surface area (Å²) in [4.78, 5) is 0. The molecule has 0 atom stereocenters. The van der Waals surface area contributed by atoms with E-state index in [-0.39, 0.29) is 0 Å². The van der Waals surface area contributed by atoms with Crippen LogP contribution in [0.2, 0.25) is 0 Å². The molecule has 0 fully saturated rings. The Hall–Kier alpha value is -2.58. The minimum absolute atomic E-state index is 1.09. The molecular weight excluding hydrogens is 370 g/mol. The van der Waals surface area contributed by atoms with Gasteiger partial charge in [-0.2, -0.15) is 0 Å². The van der Waals surface area contributed by atoms with E-state index in [4.69, 9.17) is 0 Å². The number of aromatic nitrogens is 1. The number of rotatable bonds is 3. The molecule has 4 rings (SSSR count). The molecule has 0 spiro atoms. The summed E-state index contributed by atoms with van der Waals surface area (Å²) in [6.45, 7) is 6.03. The van der Waals surface area contributed by atoms with Crippen molar-refractivity contribution in [2.45, 2.75) is 6.92 Å². The molecule has 0 amide bonds. The van der Waals surface area contributed by atoms with Crippen LogP contribution in [0.15, 0.2) is 89.9 Å². The fraction of sp³-hybridized carbons (Fsp3) is 0.0435. The summed E-state index contributed by atoms with van der Waals surface area (Å²) in [5.74, 6) is 0. The fourth-order valence-electron chi connectivity index (χ4n) is 3.42. The molecule has 1 nitrogen and oxygen atoms in total. The van der Waals surface area contributed by atoms with Gasteiger partial charge in [-0.05, 0) is 54.5 Å². The van der Waals surface area contributed by atoms with Gasteiger partial charge >= 0.3 is 0 Å². The monoisotopic (exact) mass is 387 g/mol. The first-order chi connectivity index (χ1) is 12.2. The average molecular weight is 388 g/mol. The zero-order valence-corrected chi connectivity index (χ0v) is 15.6. The molecule has 4 aromatic rings. The number of allylic oxidation sites excluding steroid dienone is 3. The van der Waals surface area contributed by atoms with Crippen molar-refractivity contribution in [3.05, 3.63) is 89.9 Å². The van der Waals surface area contributed by atoms with E-state index < -0.39 is 0 Å². The van der Waals surface area contributed by atoms with Gasteiger partial charge in [-0.3, -0.25) is 0 Å². The average Bonchev–Trinajstić information content (AvgIpc) is 2.97. The smallest absolute Gasteiger partial charge is 0.0541 e. The second kappa shape index (κ2) is 6.38. The third-order valence-electron chi connectivity index (χ3n) is 4.60. The van der Waals surface area contributed by atoms with E-state index in [0.29, 0.717) is 0 Å². The molecule has 2 heteroatoms. The van der Waals surface area contributed by atoms with Crippen LogP contribution < -0.4 is 0 Å². The molecule has 0 aliphatic heterocycles. The molecule has 0 bridgehead atoms. The molecule has 122 valence electrons. The third kappa shape index (κ3) is 2.63. The lowest BCUT2D eigenvalue weighted by Crippen LogP contribution is -1.93. The highest BCUT2D eigenvalue weighted by Gasteiger charge is 2.13. The minimum Gasteiger partial charge on any atom is -0.310 e. The van der Waals surface area contributed by atoms with Crippen molar-refractivity contribution in [2.75, 3.05) is 0 Å². The lowest BCUT2D eigenvalue weighted by molar-refractivity contribution is 1.23. The van der Waals surface area contributed by atoms with Gasteiger partial charge in [-0.1, -0.05) is 65.0 Å². The quantitative estimate of drug-likeness (QED) is 0.325. The van der Waals surface area contributed by atoms with Crippen LogP contribution in [0.3, 0.4) is 0 Å². The second-order valence-electron chi connectivity index (χ2n) is 6.01. The number of benzene rings is 3. The molecular formula is C23H18BrN. The maximum Gasteiger partial charge on any atom is 0.0541 e. The highest BCUT2D eigenvalue weighted by atomic mass is 79.9. The number of fused-ring (bicyclic) bond motifs is 3. The maximum atomic E-state index is 3.99. The zero-order chi connectivity index (χ0) is 17.4. The van der Waals surface area contributed by atoms with Gasteiger partial charge in [0.2, 0.25) is 0 Å². The molecule has 0 N–H and O–H groups in total. The van der Waals surface area contributed by atoms with E-state index >= 15 is 0 Å². The van der Waals surface area contributed by atoms with Crippen molar-refractivity contribution < 1.29 is 0 Å². The van der Waals surface area contributed by atoms with E-state index in [1.54, 1.807) is 0 Å². The Labute approximate surface area is 156 Å². The number of nitrogens with zero attached hydrogens (tertiary/aromatic N) is 1. The molecule has 1 aromatic heterocycles. The van der Waals surface area contributed by atoms with E-state index in [0.717, 1.165) is 10.2 Å². The lowest BCUT2D eigenvalue weighted by atomic mass is 10.0. The van der Waals surface area contributed by atoms with Gasteiger partial charge in [0.25, 0.3) is 0 Å². The predicted octanol–water partition coefficient (Wildman–Crippen LogP) is 7.27. The summed E-state index contributed by atoms with van der Waals surface area (Å²) in [6, 6.07) is 23.6. The van der Waals surface area contributed by atoms with Gasteiger partial charge in [0.15, 0.2) is 0 Å². The molecule has 0 saturated carbocycles. The van der Waals surface area contributed by atoms with Crippen molar-refractivity contribution in [3.63, 3.8) is 0 Å². The van der Waals surface area contributed by atoms with Crippen LogP contribution in [-0.4, -0.2) is 4.57 Å². The topological polar surface area (TPSA) is 4.93 Å². The first-order valence-electron chi connectivity index (χ1n) is 8.31. The van der Waals surface area contributed by atoms with Gasteiger partial charge in [0.05, 0.1) is 11.0 Å². The Balaban J connectivity index is 2.10. The molecule has 0 saturated heterocycles. The fourth-order valence-corrected chi connectivity index (χ4v) is 3.78. The number of hydrogen-bond acceptors (Lipinski definition) is 0. The molecule has 1 heterocycles. The molecule has 0 unspecified atom stereocenters. The van der Waals surface area contributed by atoms with Gasteiger partial charge in [0, 0.05) is 20.9 Å². The van der Waals surface area contributed by atoms with Crippen LogP contribution >= 0.6 is 15.9 Å². The molecule has 0 aliphatic rings. The standard InChI is InChI=1S/C23H18BrN/c1-3-19(4-2)25-22-12-10-17(16-8-6-5-7-9-16)14-20(22)21-15-18(24)11-13-23(21)25/h3-15H,1H2,2H3. The lowest BCUT2D eigenvalue weighted by Gasteiger charge is -2.08. The number of hydrogen-bond donors (Lipinski definition) is 0. The van der Waals surface area contributed by atoms with Crippen molar-refractivity contribution >= 4 is 43.4 Å². The number of halogens is 1. The normalized spacial score (nSPS) is 12.0. The van der Waals surface area contributed by atoms with Crippen molar-refractivity contribution in [1.29, 1.82) is 0 Å². The van der Waals surface area contributed by atoms with E-state index in [9.17, 15) is 0 Å². The zero-order valence-electron chi connectivity index (χ0n) is 14.0. The third-order valence-corrected chi connectivity index (χ3v) is 5.09. The van der Waals surface area contributed by atoms with Crippen LogP contribution in [0, 0.1) is 0 Å². The minimum atomic E-state index is 1.09. The van der Waals surface area contributed by atoms with E-state index in [1.807, 2.05) is 19.1 Å². The van der Waals surface area contributed by atoms with Gasteiger partial charge in [-0.15, -0.1) is 0 Å². The van der Waals surface area contributed by atoms with Gasteiger partial charge in [0.1, 0.15) is 0 Å². The molecule has 0 aliphatic carbocycles. The Kier molecular flexibility index (Phi) is 4.06. The molecule has 3 aromatic carbocycles. The van der Waals surface area contributed by atoms with Crippen LogP contribution in [0.1, 0.15) is 6.92 Å². The van der Waals surface area contributed by atoms with Crippen molar-refractivity contribution in [2.24, 2.45) is 0 Å². The summed E-state index contributed by atoms with van der Waals surface area (Å²) < 4.78 is 3.36. The summed E-state index contributed by atoms with van der Waals surface area (Å²) in [5, 5.41) is 2.49. The Morgan fingerprint density at radius 1 is 0.880 bits per heavy atom. The Bertz CT molecular complexity index is 1120. The van der Waals surface area contributed by atoms with Gasteiger partial charge in [-0.25, -0.2) is 0 Å². The molecule has 25 heavy (non-hydrogen) atoms. The van der Waals surface area contributed by atoms with Crippen LogP contribution in [0.4, 0.5) is 0 Å². The van der Waals surface area contributed by atoms with E-state index in [1.165, 1.54) is 32.9 Å². The van der Waals surface area contributed by atoms with Gasteiger partial charge < -0.3 is 4.57 Å². The summed E-state index contributed by atoms with van der Waals surface area (Å²) in [5.41, 5.74) is 5.94. The predicted molar refractivity (Wildman–Crippen MR) is 113 cm³/mol. The summed E-state index contributed by atoms with van der Waals surface area (Å²) in [7, 11) is 0. The van der Waals surface area contributed by atoms with E-state index in [2.05, 4.69) is 93.8 Å². The SMILES string of the molecule is C=CC(=CC)n1c2ccc(Br)cc2c2cc(-c3ccccc3)ccc21. The first-order valence-corrected chi connectivity index (χ1v) is 9.10. The van der Waals surface area contributed by atoms with Crippen LogP contribution in [0.5, 0.6) is 0 Å². The maximum absolute atomic E-state index is 3.99. The Morgan fingerprint density at radius 3 is 2.24 bits per heavy atom. The highest BCUT2D eigenvalue weighted by molar-refractivity contribution is 9.10. The summed E-state index contributed by atoms with van der Waals surface area (Å²) >= 11 is 3.62. The summed E-state index contributed by atoms with van der Waals surface area (Å²) in [6.07, 6.45) is 4.01.